The Morgan fingerprint density at radius 2 is 1.96 bits per heavy atom. The molecule has 124 valence electrons. The van der Waals surface area contributed by atoms with Gasteiger partial charge in [0.25, 0.3) is 0 Å². The van der Waals surface area contributed by atoms with E-state index in [9.17, 15) is 0 Å². The SMILES string of the molecule is CN=C(NCCc1ccccn1)NCc1cccc(OC)n1.I. The van der Waals surface area contributed by atoms with Crippen LogP contribution in [0.4, 0.5) is 0 Å². The Kier molecular flexibility index (Phi) is 8.96. The predicted molar refractivity (Wildman–Crippen MR) is 102 cm³/mol. The van der Waals surface area contributed by atoms with Crippen molar-refractivity contribution in [3.05, 3.63) is 54.0 Å². The molecule has 0 atom stereocenters. The van der Waals surface area contributed by atoms with Gasteiger partial charge in [-0.15, -0.1) is 24.0 Å². The minimum absolute atomic E-state index is 0. The largest absolute Gasteiger partial charge is 0.481 e. The average Bonchev–Trinajstić information content (AvgIpc) is 2.59. The van der Waals surface area contributed by atoms with Crippen LogP contribution in [0.3, 0.4) is 0 Å². The fourth-order valence-electron chi connectivity index (χ4n) is 1.92. The van der Waals surface area contributed by atoms with E-state index in [2.05, 4.69) is 25.6 Å². The van der Waals surface area contributed by atoms with Gasteiger partial charge in [-0.05, 0) is 18.2 Å². The molecule has 6 nitrogen and oxygen atoms in total. The molecule has 2 N–H and O–H groups in total. The molecule has 0 bridgehead atoms. The van der Waals surface area contributed by atoms with Crippen molar-refractivity contribution < 1.29 is 4.74 Å². The van der Waals surface area contributed by atoms with Gasteiger partial charge in [-0.1, -0.05) is 12.1 Å². The van der Waals surface area contributed by atoms with Crippen molar-refractivity contribution in [1.29, 1.82) is 0 Å². The molecule has 0 amide bonds. The van der Waals surface area contributed by atoms with E-state index in [0.29, 0.717) is 12.4 Å². The van der Waals surface area contributed by atoms with E-state index in [-0.39, 0.29) is 24.0 Å². The number of ether oxygens (including phenoxy) is 1. The van der Waals surface area contributed by atoms with Crippen LogP contribution in [0.25, 0.3) is 0 Å². The minimum atomic E-state index is 0. The van der Waals surface area contributed by atoms with Gasteiger partial charge in [0, 0.05) is 38.0 Å². The summed E-state index contributed by atoms with van der Waals surface area (Å²) in [6, 6.07) is 11.6. The van der Waals surface area contributed by atoms with Gasteiger partial charge in [-0.3, -0.25) is 9.98 Å². The van der Waals surface area contributed by atoms with Gasteiger partial charge >= 0.3 is 0 Å². The maximum absolute atomic E-state index is 5.11. The molecule has 0 fully saturated rings. The van der Waals surface area contributed by atoms with Crippen LogP contribution in [-0.2, 0) is 13.0 Å². The number of methoxy groups -OCH3 is 1. The summed E-state index contributed by atoms with van der Waals surface area (Å²) in [5.74, 6) is 1.35. The Morgan fingerprint density at radius 1 is 1.13 bits per heavy atom. The van der Waals surface area contributed by atoms with E-state index in [1.54, 1.807) is 20.4 Å². The molecule has 0 radical (unpaired) electrons. The molecule has 2 aromatic heterocycles. The van der Waals surface area contributed by atoms with Crippen LogP contribution in [0.1, 0.15) is 11.4 Å². The number of halogens is 1. The van der Waals surface area contributed by atoms with E-state index >= 15 is 0 Å². The maximum atomic E-state index is 5.11. The van der Waals surface area contributed by atoms with Crippen molar-refractivity contribution in [2.75, 3.05) is 20.7 Å². The zero-order valence-electron chi connectivity index (χ0n) is 13.3. The number of aliphatic imine (C=N–C) groups is 1. The van der Waals surface area contributed by atoms with E-state index in [1.165, 1.54) is 0 Å². The summed E-state index contributed by atoms with van der Waals surface area (Å²) in [5.41, 5.74) is 1.95. The molecule has 0 saturated heterocycles. The molecule has 0 spiro atoms. The molecule has 7 heteroatoms. The first kappa shape index (κ1) is 19.1. The molecule has 2 aromatic rings. The van der Waals surface area contributed by atoms with Crippen molar-refractivity contribution in [3.8, 4) is 5.88 Å². The average molecular weight is 427 g/mol. The van der Waals surface area contributed by atoms with E-state index in [1.807, 2.05) is 36.4 Å². The zero-order chi connectivity index (χ0) is 15.6. The molecule has 2 heterocycles. The van der Waals surface area contributed by atoms with Gasteiger partial charge in [0.05, 0.1) is 19.3 Å². The summed E-state index contributed by atoms with van der Waals surface area (Å²) in [4.78, 5) is 12.8. The lowest BCUT2D eigenvalue weighted by Crippen LogP contribution is -2.38. The molecular weight excluding hydrogens is 405 g/mol. The number of hydrogen-bond acceptors (Lipinski definition) is 4. The van der Waals surface area contributed by atoms with Crippen molar-refractivity contribution in [1.82, 2.24) is 20.6 Å². The molecule has 23 heavy (non-hydrogen) atoms. The predicted octanol–water partition coefficient (Wildman–Crippen LogP) is 2.01. The van der Waals surface area contributed by atoms with Gasteiger partial charge in [0.2, 0.25) is 5.88 Å². The highest BCUT2D eigenvalue weighted by Gasteiger charge is 2.01. The van der Waals surface area contributed by atoms with E-state index in [4.69, 9.17) is 4.74 Å². The zero-order valence-corrected chi connectivity index (χ0v) is 15.7. The third-order valence-electron chi connectivity index (χ3n) is 3.05. The molecule has 2 rings (SSSR count). The van der Waals surface area contributed by atoms with Crippen LogP contribution < -0.4 is 15.4 Å². The summed E-state index contributed by atoms with van der Waals surface area (Å²) < 4.78 is 5.11. The Bertz CT molecular complexity index is 606. The molecule has 0 aromatic carbocycles. The van der Waals surface area contributed by atoms with Gasteiger partial charge in [-0.2, -0.15) is 0 Å². The lowest BCUT2D eigenvalue weighted by atomic mass is 10.3. The quantitative estimate of drug-likeness (QED) is 0.420. The molecule has 0 unspecified atom stereocenters. The van der Waals surface area contributed by atoms with Crippen molar-refractivity contribution in [2.24, 2.45) is 4.99 Å². The summed E-state index contributed by atoms with van der Waals surface area (Å²) in [6.45, 7) is 1.35. The number of nitrogens with one attached hydrogen (secondary N) is 2. The topological polar surface area (TPSA) is 71.4 Å². The first-order valence-corrected chi connectivity index (χ1v) is 7.16. The number of nitrogens with zero attached hydrogens (tertiary/aromatic N) is 3. The van der Waals surface area contributed by atoms with Gasteiger partial charge in [-0.25, -0.2) is 4.98 Å². The molecule has 0 aliphatic heterocycles. The summed E-state index contributed by atoms with van der Waals surface area (Å²) in [5, 5.41) is 6.48. The highest BCUT2D eigenvalue weighted by Crippen LogP contribution is 2.05. The van der Waals surface area contributed by atoms with Crippen LogP contribution in [0.2, 0.25) is 0 Å². The lowest BCUT2D eigenvalue weighted by Gasteiger charge is -2.11. The number of aromatic nitrogens is 2. The fourth-order valence-corrected chi connectivity index (χ4v) is 1.92. The first-order chi connectivity index (χ1) is 10.8. The smallest absolute Gasteiger partial charge is 0.213 e. The van der Waals surface area contributed by atoms with Crippen molar-refractivity contribution in [3.63, 3.8) is 0 Å². The second-order valence-electron chi connectivity index (χ2n) is 4.59. The Morgan fingerprint density at radius 3 is 2.65 bits per heavy atom. The van der Waals surface area contributed by atoms with E-state index in [0.717, 1.165) is 30.3 Å². The third kappa shape index (κ3) is 6.81. The summed E-state index contributed by atoms with van der Waals surface area (Å²) in [6.07, 6.45) is 2.65. The highest BCUT2D eigenvalue weighted by molar-refractivity contribution is 14.0. The van der Waals surface area contributed by atoms with Crippen LogP contribution >= 0.6 is 24.0 Å². The molecular formula is C16H22IN5O. The second-order valence-corrected chi connectivity index (χ2v) is 4.59. The highest BCUT2D eigenvalue weighted by atomic mass is 127. The number of guanidine groups is 1. The Hall–Kier alpha value is -1.90. The van der Waals surface area contributed by atoms with Crippen molar-refractivity contribution >= 4 is 29.9 Å². The Labute approximate surface area is 153 Å². The van der Waals surface area contributed by atoms with Gasteiger partial charge in [0.15, 0.2) is 5.96 Å². The molecule has 0 aliphatic rings. The Balaban J connectivity index is 0.00000264. The number of rotatable bonds is 6. The number of pyridine rings is 2. The van der Waals surface area contributed by atoms with Gasteiger partial charge < -0.3 is 15.4 Å². The van der Waals surface area contributed by atoms with Crippen LogP contribution in [0.15, 0.2) is 47.6 Å². The van der Waals surface area contributed by atoms with Crippen LogP contribution in [0, 0.1) is 0 Å². The van der Waals surface area contributed by atoms with Crippen molar-refractivity contribution in [2.45, 2.75) is 13.0 Å². The summed E-state index contributed by atoms with van der Waals surface area (Å²) >= 11 is 0. The molecule has 0 aliphatic carbocycles. The van der Waals surface area contributed by atoms with Gasteiger partial charge in [0.1, 0.15) is 0 Å². The third-order valence-corrected chi connectivity index (χ3v) is 3.05. The van der Waals surface area contributed by atoms with Crippen LogP contribution in [-0.4, -0.2) is 36.6 Å². The standard InChI is InChI=1S/C16H21N5O.HI/c1-17-16(19-11-9-13-6-3-4-10-18-13)20-12-14-7-5-8-15(21-14)22-2;/h3-8,10H,9,11-12H2,1-2H3,(H2,17,19,20);1H. The normalized spacial score (nSPS) is 10.6. The molecule has 0 saturated carbocycles. The van der Waals surface area contributed by atoms with E-state index < -0.39 is 0 Å². The monoisotopic (exact) mass is 427 g/mol. The number of hydrogen-bond donors (Lipinski definition) is 2. The first-order valence-electron chi connectivity index (χ1n) is 7.16. The minimum Gasteiger partial charge on any atom is -0.481 e. The summed E-state index contributed by atoms with van der Waals surface area (Å²) in [7, 11) is 3.35. The lowest BCUT2D eigenvalue weighted by molar-refractivity contribution is 0.396. The maximum Gasteiger partial charge on any atom is 0.213 e. The second kappa shape index (κ2) is 10.8. The van der Waals surface area contributed by atoms with Crippen LogP contribution in [0.5, 0.6) is 5.88 Å². The fraction of sp³-hybridized carbons (Fsp3) is 0.312.